The first-order valence-electron chi connectivity index (χ1n) is 6.83. The Morgan fingerprint density at radius 3 is 2.76 bits per heavy atom. The number of rotatable bonds is 7. The fraction of sp³-hybridized carbons (Fsp3) is 0.500. The second kappa shape index (κ2) is 7.03. The predicted molar refractivity (Wildman–Crippen MR) is 76.2 cm³/mol. The molecule has 2 N–H and O–H groups in total. The normalized spacial score (nSPS) is 13.8. The molecule has 21 heavy (non-hydrogen) atoms. The monoisotopic (exact) mass is 293 g/mol. The van der Waals surface area contributed by atoms with Crippen molar-refractivity contribution in [2.75, 3.05) is 25.6 Å². The van der Waals surface area contributed by atoms with Crippen molar-refractivity contribution >= 4 is 17.7 Å². The Labute approximate surface area is 122 Å². The van der Waals surface area contributed by atoms with Crippen LogP contribution in [-0.2, 0) is 16.0 Å². The van der Waals surface area contributed by atoms with E-state index in [2.05, 4.69) is 10.3 Å². The quantitative estimate of drug-likeness (QED) is 0.791. The average molecular weight is 293 g/mol. The number of amides is 2. The summed E-state index contributed by atoms with van der Waals surface area (Å²) in [6, 6.07) is 3.37. The molecule has 7 heteroatoms. The molecule has 0 aromatic carbocycles. The molecule has 2 amide bonds. The lowest BCUT2D eigenvalue weighted by Crippen LogP contribution is -2.39. The zero-order chi connectivity index (χ0) is 15.2. The summed E-state index contributed by atoms with van der Waals surface area (Å²) in [7, 11) is 1.61. The first-order valence-corrected chi connectivity index (χ1v) is 6.83. The highest BCUT2D eigenvalue weighted by atomic mass is 16.5. The van der Waals surface area contributed by atoms with Gasteiger partial charge in [0.2, 0.25) is 0 Å². The van der Waals surface area contributed by atoms with Crippen LogP contribution in [0.3, 0.4) is 0 Å². The molecule has 7 nitrogen and oxygen atoms in total. The molecule has 1 saturated carbocycles. The van der Waals surface area contributed by atoms with E-state index in [1.54, 1.807) is 24.1 Å². The van der Waals surface area contributed by atoms with Gasteiger partial charge < -0.3 is 20.1 Å². The summed E-state index contributed by atoms with van der Waals surface area (Å²) < 4.78 is 5.01. The Bertz CT molecular complexity index is 499. The van der Waals surface area contributed by atoms with Crippen molar-refractivity contribution in [3.63, 3.8) is 0 Å². The van der Waals surface area contributed by atoms with Gasteiger partial charge in [-0.15, -0.1) is 0 Å². The number of methoxy groups -OCH3 is 1. The molecule has 0 aliphatic heterocycles. The number of carboxylic acids is 1. The number of nitrogens with zero attached hydrogens (tertiary/aromatic N) is 2. The van der Waals surface area contributed by atoms with Gasteiger partial charge in [-0.2, -0.15) is 0 Å². The molecule has 0 spiro atoms. The molecule has 0 bridgehead atoms. The zero-order valence-electron chi connectivity index (χ0n) is 11.9. The van der Waals surface area contributed by atoms with E-state index in [-0.39, 0.29) is 12.5 Å². The number of carbonyl (C=O) groups excluding carboxylic acids is 1. The van der Waals surface area contributed by atoms with E-state index in [0.29, 0.717) is 30.6 Å². The van der Waals surface area contributed by atoms with Crippen LogP contribution in [0.1, 0.15) is 18.5 Å². The fourth-order valence-corrected chi connectivity index (χ4v) is 1.98. The number of urea groups is 1. The van der Waals surface area contributed by atoms with Gasteiger partial charge in [0.15, 0.2) is 0 Å². The average Bonchev–Trinajstić information content (AvgIpc) is 3.25. The van der Waals surface area contributed by atoms with Gasteiger partial charge in [-0.1, -0.05) is 0 Å². The third-order valence-electron chi connectivity index (χ3n) is 3.19. The van der Waals surface area contributed by atoms with Crippen molar-refractivity contribution in [3.8, 4) is 0 Å². The Hall–Kier alpha value is -2.15. The molecular formula is C14H19N3O4. The first kappa shape index (κ1) is 15.2. The first-order chi connectivity index (χ1) is 10.1. The lowest BCUT2D eigenvalue weighted by molar-refractivity contribution is -0.136. The van der Waals surface area contributed by atoms with Crippen molar-refractivity contribution in [1.82, 2.24) is 9.88 Å². The highest BCUT2D eigenvalue weighted by Gasteiger charge is 2.32. The summed E-state index contributed by atoms with van der Waals surface area (Å²) >= 11 is 0. The molecule has 1 aromatic heterocycles. The van der Waals surface area contributed by atoms with Crippen LogP contribution in [0.4, 0.5) is 10.5 Å². The van der Waals surface area contributed by atoms with Crippen molar-refractivity contribution in [2.45, 2.75) is 25.3 Å². The van der Waals surface area contributed by atoms with E-state index >= 15 is 0 Å². The number of anilines is 1. The third kappa shape index (κ3) is 4.71. The van der Waals surface area contributed by atoms with Crippen molar-refractivity contribution in [2.24, 2.45) is 0 Å². The van der Waals surface area contributed by atoms with Gasteiger partial charge in [0.1, 0.15) is 0 Å². The number of pyridine rings is 1. The molecule has 114 valence electrons. The van der Waals surface area contributed by atoms with Crippen LogP contribution >= 0.6 is 0 Å². The fourth-order valence-electron chi connectivity index (χ4n) is 1.98. The Morgan fingerprint density at radius 1 is 1.48 bits per heavy atom. The van der Waals surface area contributed by atoms with Crippen LogP contribution in [0.25, 0.3) is 0 Å². The summed E-state index contributed by atoms with van der Waals surface area (Å²) in [6.07, 6.45) is 3.38. The number of carbonyl (C=O) groups is 2. The SMILES string of the molecule is COCCN(C(=O)Nc1ccc(CC(=O)O)nc1)C1CC1. The van der Waals surface area contributed by atoms with Crippen LogP contribution in [0, 0.1) is 0 Å². The summed E-state index contributed by atoms with van der Waals surface area (Å²) in [5.41, 5.74) is 1.01. The second-order valence-corrected chi connectivity index (χ2v) is 4.96. The minimum Gasteiger partial charge on any atom is -0.481 e. The molecule has 0 atom stereocenters. The maximum absolute atomic E-state index is 12.2. The molecule has 1 aromatic rings. The Kier molecular flexibility index (Phi) is 5.10. The van der Waals surface area contributed by atoms with E-state index in [4.69, 9.17) is 9.84 Å². The van der Waals surface area contributed by atoms with E-state index < -0.39 is 5.97 Å². The highest BCUT2D eigenvalue weighted by molar-refractivity contribution is 5.89. The third-order valence-corrected chi connectivity index (χ3v) is 3.19. The molecule has 0 saturated heterocycles. The Balaban J connectivity index is 1.92. The number of ether oxygens (including phenoxy) is 1. The number of aliphatic carboxylic acids is 1. The molecule has 1 aliphatic carbocycles. The number of nitrogens with one attached hydrogen (secondary N) is 1. The molecule has 0 unspecified atom stereocenters. The lowest BCUT2D eigenvalue weighted by atomic mass is 10.2. The zero-order valence-corrected chi connectivity index (χ0v) is 11.9. The number of aromatic nitrogens is 1. The van der Waals surface area contributed by atoms with Gasteiger partial charge in [-0.3, -0.25) is 9.78 Å². The van der Waals surface area contributed by atoms with Crippen LogP contribution in [-0.4, -0.2) is 53.3 Å². The van der Waals surface area contributed by atoms with Gasteiger partial charge >= 0.3 is 12.0 Å². The molecule has 0 radical (unpaired) electrons. The summed E-state index contributed by atoms with van der Waals surface area (Å²) in [5.74, 6) is -0.932. The topological polar surface area (TPSA) is 91.8 Å². The van der Waals surface area contributed by atoms with Crippen molar-refractivity contribution in [1.29, 1.82) is 0 Å². The van der Waals surface area contributed by atoms with Crippen LogP contribution < -0.4 is 5.32 Å². The Morgan fingerprint density at radius 2 is 2.24 bits per heavy atom. The number of hydrogen-bond donors (Lipinski definition) is 2. The van der Waals surface area contributed by atoms with Gasteiger partial charge in [-0.25, -0.2) is 4.79 Å². The second-order valence-electron chi connectivity index (χ2n) is 4.96. The van der Waals surface area contributed by atoms with Crippen molar-refractivity contribution < 1.29 is 19.4 Å². The lowest BCUT2D eigenvalue weighted by Gasteiger charge is -2.22. The van der Waals surface area contributed by atoms with Crippen LogP contribution in [0.15, 0.2) is 18.3 Å². The standard InChI is InChI=1S/C14H19N3O4/c1-21-7-6-17(12-4-5-12)14(20)16-11-3-2-10(15-9-11)8-13(18)19/h2-3,9,12H,4-8H2,1H3,(H,16,20)(H,18,19). The minimum absolute atomic E-state index is 0.129. The summed E-state index contributed by atoms with van der Waals surface area (Å²) in [5, 5.41) is 11.5. The predicted octanol–water partition coefficient (Wildman–Crippen LogP) is 1.35. The van der Waals surface area contributed by atoms with E-state index in [0.717, 1.165) is 12.8 Å². The molecule has 1 heterocycles. The molecule has 1 fully saturated rings. The number of hydrogen-bond acceptors (Lipinski definition) is 4. The van der Waals surface area contributed by atoms with E-state index in [1.807, 2.05) is 0 Å². The molecular weight excluding hydrogens is 274 g/mol. The van der Waals surface area contributed by atoms with Gasteiger partial charge in [0.05, 0.1) is 30.6 Å². The molecule has 1 aliphatic rings. The van der Waals surface area contributed by atoms with Gasteiger partial charge in [-0.05, 0) is 25.0 Å². The minimum atomic E-state index is -0.932. The summed E-state index contributed by atoms with van der Waals surface area (Å²) in [4.78, 5) is 28.5. The maximum atomic E-state index is 12.2. The highest BCUT2D eigenvalue weighted by Crippen LogP contribution is 2.27. The van der Waals surface area contributed by atoms with Crippen molar-refractivity contribution in [3.05, 3.63) is 24.0 Å². The van der Waals surface area contributed by atoms with E-state index in [9.17, 15) is 9.59 Å². The smallest absolute Gasteiger partial charge is 0.322 e. The largest absolute Gasteiger partial charge is 0.481 e. The maximum Gasteiger partial charge on any atom is 0.322 e. The van der Waals surface area contributed by atoms with E-state index in [1.165, 1.54) is 6.20 Å². The number of carboxylic acid groups (broad SMARTS) is 1. The van der Waals surface area contributed by atoms with Crippen LogP contribution in [0.5, 0.6) is 0 Å². The van der Waals surface area contributed by atoms with Gasteiger partial charge in [0.25, 0.3) is 0 Å². The van der Waals surface area contributed by atoms with Gasteiger partial charge in [0, 0.05) is 19.7 Å². The molecule has 2 rings (SSSR count). The van der Waals surface area contributed by atoms with Crippen LogP contribution in [0.2, 0.25) is 0 Å². The summed E-state index contributed by atoms with van der Waals surface area (Å²) in [6.45, 7) is 1.05.